The smallest absolute Gasteiger partial charge is 0.336 e. The molecule has 0 aromatic carbocycles. The highest BCUT2D eigenvalue weighted by molar-refractivity contribution is 8.09. The van der Waals surface area contributed by atoms with Gasteiger partial charge in [0, 0.05) is 28.8 Å². The number of aromatic amines is 1. The summed E-state index contributed by atoms with van der Waals surface area (Å²) in [5.74, 6) is 4.09. The summed E-state index contributed by atoms with van der Waals surface area (Å²) in [7, 11) is 0. The van der Waals surface area contributed by atoms with Crippen molar-refractivity contribution in [1.29, 1.82) is 0 Å². The van der Waals surface area contributed by atoms with Crippen LogP contribution in [0.3, 0.4) is 0 Å². The molecule has 30 heavy (non-hydrogen) atoms. The number of esters is 1. The average molecular weight is 426 g/mol. The van der Waals surface area contributed by atoms with Crippen molar-refractivity contribution in [2.75, 3.05) is 11.9 Å². The van der Waals surface area contributed by atoms with Crippen molar-refractivity contribution in [1.82, 2.24) is 20.2 Å². The Hall–Kier alpha value is -2.83. The summed E-state index contributed by atoms with van der Waals surface area (Å²) in [6, 6.07) is 1.97. The standard InChI is InChI=1S/C21H23N5O3S/c1-4-12-10-22-20(15-8-11(3)18(30-15)17(27)21(28)29-5-2)24-19(12)23-16-9-14(25-26-16)13-6-7-13/h1,8-11,13,17-18,27H,5-7H2,2-3H3,(H2,22,23,24,25,26). The first kappa shape index (κ1) is 20.4. The summed E-state index contributed by atoms with van der Waals surface area (Å²) in [5, 5.41) is 20.5. The van der Waals surface area contributed by atoms with Gasteiger partial charge in [-0.3, -0.25) is 5.10 Å². The van der Waals surface area contributed by atoms with Crippen LogP contribution < -0.4 is 5.32 Å². The van der Waals surface area contributed by atoms with Crippen molar-refractivity contribution in [3.63, 3.8) is 0 Å². The van der Waals surface area contributed by atoms with Gasteiger partial charge in [-0.1, -0.05) is 18.9 Å². The summed E-state index contributed by atoms with van der Waals surface area (Å²) in [6.07, 6.45) is 10.3. The van der Waals surface area contributed by atoms with Crippen molar-refractivity contribution in [3.8, 4) is 12.3 Å². The van der Waals surface area contributed by atoms with Gasteiger partial charge in [0.2, 0.25) is 0 Å². The molecular weight excluding hydrogens is 402 g/mol. The van der Waals surface area contributed by atoms with E-state index in [9.17, 15) is 9.90 Å². The van der Waals surface area contributed by atoms with Gasteiger partial charge in [0.25, 0.3) is 0 Å². The SMILES string of the molecule is C#Cc1cnc(C2=CC(C)C(C(O)C(=O)OCC)S2)nc1Nc1cc(C2CC2)[nH]n1. The van der Waals surface area contributed by atoms with Gasteiger partial charge >= 0.3 is 5.97 Å². The zero-order valence-corrected chi connectivity index (χ0v) is 17.6. The van der Waals surface area contributed by atoms with Crippen LogP contribution in [-0.4, -0.2) is 49.2 Å². The first-order valence-electron chi connectivity index (χ1n) is 9.89. The van der Waals surface area contributed by atoms with Crippen LogP contribution in [0.25, 0.3) is 4.91 Å². The minimum atomic E-state index is -1.22. The topological polar surface area (TPSA) is 113 Å². The van der Waals surface area contributed by atoms with E-state index in [1.165, 1.54) is 24.6 Å². The van der Waals surface area contributed by atoms with Crippen molar-refractivity contribution < 1.29 is 14.6 Å². The fourth-order valence-electron chi connectivity index (χ4n) is 3.29. The maximum Gasteiger partial charge on any atom is 0.336 e. The second-order valence-electron chi connectivity index (χ2n) is 7.38. The Balaban J connectivity index is 1.53. The number of allylic oxidation sites excluding steroid dienone is 1. The van der Waals surface area contributed by atoms with Gasteiger partial charge in [0.05, 0.1) is 17.4 Å². The van der Waals surface area contributed by atoms with Gasteiger partial charge in [0.15, 0.2) is 23.6 Å². The largest absolute Gasteiger partial charge is 0.464 e. The van der Waals surface area contributed by atoms with Crippen LogP contribution in [0.1, 0.15) is 49.7 Å². The number of nitrogens with one attached hydrogen (secondary N) is 2. The molecule has 0 spiro atoms. The molecule has 0 saturated heterocycles. The number of nitrogens with zero attached hydrogens (tertiary/aromatic N) is 3. The van der Waals surface area contributed by atoms with Gasteiger partial charge in [-0.2, -0.15) is 5.10 Å². The van der Waals surface area contributed by atoms with Crippen LogP contribution in [0.5, 0.6) is 0 Å². The van der Waals surface area contributed by atoms with Crippen LogP contribution in [0.15, 0.2) is 18.3 Å². The Labute approximate surface area is 178 Å². The van der Waals surface area contributed by atoms with Crippen molar-refractivity contribution in [2.45, 2.75) is 44.0 Å². The van der Waals surface area contributed by atoms with Crippen LogP contribution in [0, 0.1) is 18.3 Å². The number of hydrogen-bond acceptors (Lipinski definition) is 8. The van der Waals surface area contributed by atoms with Crippen molar-refractivity contribution >= 4 is 34.3 Å². The van der Waals surface area contributed by atoms with E-state index in [1.54, 1.807) is 13.1 Å². The number of aliphatic hydroxyl groups is 1. The summed E-state index contributed by atoms with van der Waals surface area (Å²) < 4.78 is 4.95. The lowest BCUT2D eigenvalue weighted by Crippen LogP contribution is -2.35. The first-order valence-corrected chi connectivity index (χ1v) is 10.8. The molecule has 156 valence electrons. The molecule has 2 aromatic rings. The molecule has 3 N–H and O–H groups in total. The zero-order chi connectivity index (χ0) is 21.3. The number of carbonyl (C=O) groups excluding carboxylic acids is 1. The highest BCUT2D eigenvalue weighted by Crippen LogP contribution is 2.43. The highest BCUT2D eigenvalue weighted by atomic mass is 32.2. The summed E-state index contributed by atoms with van der Waals surface area (Å²) >= 11 is 1.36. The lowest BCUT2D eigenvalue weighted by atomic mass is 10.0. The van der Waals surface area contributed by atoms with Gasteiger partial charge < -0.3 is 15.2 Å². The molecule has 3 atom stereocenters. The fraction of sp³-hybridized carbons (Fsp3) is 0.429. The second kappa shape index (κ2) is 8.50. The number of thioether (sulfide) groups is 1. The van der Waals surface area contributed by atoms with Crippen LogP contribution in [-0.2, 0) is 9.53 Å². The second-order valence-corrected chi connectivity index (χ2v) is 8.60. The minimum Gasteiger partial charge on any atom is -0.464 e. The quantitative estimate of drug-likeness (QED) is 0.458. The van der Waals surface area contributed by atoms with E-state index in [0.29, 0.717) is 28.9 Å². The predicted octanol–water partition coefficient (Wildman–Crippen LogP) is 2.82. The molecule has 9 heteroatoms. The van der Waals surface area contributed by atoms with Crippen molar-refractivity contribution in [2.24, 2.45) is 5.92 Å². The van der Waals surface area contributed by atoms with E-state index in [-0.39, 0.29) is 17.8 Å². The Morgan fingerprint density at radius 1 is 1.53 bits per heavy atom. The Morgan fingerprint density at radius 2 is 2.33 bits per heavy atom. The van der Waals surface area contributed by atoms with E-state index < -0.39 is 12.1 Å². The molecule has 1 saturated carbocycles. The van der Waals surface area contributed by atoms with Gasteiger partial charge in [0.1, 0.15) is 0 Å². The van der Waals surface area contributed by atoms with Gasteiger partial charge in [-0.25, -0.2) is 14.8 Å². The molecule has 1 aliphatic carbocycles. The van der Waals surface area contributed by atoms with Crippen LogP contribution >= 0.6 is 11.8 Å². The third kappa shape index (κ3) is 4.20. The molecule has 1 aliphatic heterocycles. The fourth-order valence-corrected chi connectivity index (χ4v) is 4.62. The minimum absolute atomic E-state index is 0.0517. The number of ether oxygens (including phenoxy) is 1. The molecule has 3 unspecified atom stereocenters. The molecule has 2 aromatic heterocycles. The molecule has 4 rings (SSSR count). The van der Waals surface area contributed by atoms with E-state index in [1.807, 2.05) is 19.1 Å². The van der Waals surface area contributed by atoms with Crippen molar-refractivity contribution in [3.05, 3.63) is 35.4 Å². The number of hydrogen-bond donors (Lipinski definition) is 3. The number of aromatic nitrogens is 4. The lowest BCUT2D eigenvalue weighted by Gasteiger charge is -2.19. The van der Waals surface area contributed by atoms with E-state index in [2.05, 4.69) is 31.4 Å². The Morgan fingerprint density at radius 3 is 3.03 bits per heavy atom. The maximum atomic E-state index is 11.9. The normalized spacial score (nSPS) is 21.6. The van der Waals surface area contributed by atoms with E-state index in [0.717, 1.165) is 10.6 Å². The van der Waals surface area contributed by atoms with E-state index >= 15 is 0 Å². The highest BCUT2D eigenvalue weighted by Gasteiger charge is 2.37. The molecule has 3 heterocycles. The number of aliphatic hydroxyl groups excluding tert-OH is 1. The lowest BCUT2D eigenvalue weighted by molar-refractivity contribution is -0.153. The van der Waals surface area contributed by atoms with E-state index in [4.69, 9.17) is 11.2 Å². The molecule has 0 amide bonds. The zero-order valence-electron chi connectivity index (χ0n) is 16.8. The van der Waals surface area contributed by atoms with Crippen LogP contribution in [0.2, 0.25) is 0 Å². The van der Waals surface area contributed by atoms with Gasteiger partial charge in [-0.05, 0) is 25.7 Å². The molecular formula is C21H23N5O3S. The number of carbonyl (C=O) groups is 1. The predicted molar refractivity (Wildman–Crippen MR) is 115 cm³/mol. The number of rotatable bonds is 7. The third-order valence-corrected chi connectivity index (χ3v) is 6.59. The third-order valence-electron chi connectivity index (χ3n) is 5.06. The molecule has 2 aliphatic rings. The Kier molecular flexibility index (Phi) is 5.79. The first-order chi connectivity index (χ1) is 14.5. The number of H-pyrrole nitrogens is 1. The summed E-state index contributed by atoms with van der Waals surface area (Å²) in [4.78, 5) is 21.7. The molecule has 1 fully saturated rings. The number of anilines is 2. The maximum absolute atomic E-state index is 11.9. The van der Waals surface area contributed by atoms with Gasteiger partial charge in [-0.15, -0.1) is 18.2 Å². The Bertz CT molecular complexity index is 1020. The molecule has 8 nitrogen and oxygen atoms in total. The summed E-state index contributed by atoms with van der Waals surface area (Å²) in [6.45, 7) is 3.87. The molecule has 0 bridgehead atoms. The number of terminal acetylenes is 1. The summed E-state index contributed by atoms with van der Waals surface area (Å²) in [5.41, 5.74) is 1.63. The molecule has 0 radical (unpaired) electrons. The monoisotopic (exact) mass is 425 g/mol. The average Bonchev–Trinajstić information content (AvgIpc) is 3.37. The van der Waals surface area contributed by atoms with Crippen LogP contribution in [0.4, 0.5) is 11.6 Å².